The number of fused-ring (bicyclic) bond motifs is 1. The fraction of sp³-hybridized carbons (Fsp3) is 0.263. The molecule has 1 unspecified atom stereocenters. The molecule has 0 bridgehead atoms. The Balaban J connectivity index is 1.57. The number of carbonyl (C=O) groups excluding carboxylic acids is 1. The van der Waals surface area contributed by atoms with Gasteiger partial charge in [-0.05, 0) is 43.2 Å². The summed E-state index contributed by atoms with van der Waals surface area (Å²) in [6, 6.07) is 13.2. The van der Waals surface area contributed by atoms with Crippen LogP contribution < -0.4 is 0 Å². The molecule has 25 heavy (non-hydrogen) atoms. The highest BCUT2D eigenvalue weighted by Crippen LogP contribution is 2.33. The normalized spacial score (nSPS) is 17.8. The Morgan fingerprint density at radius 1 is 1.16 bits per heavy atom. The molecule has 0 radical (unpaired) electrons. The molecule has 3 aromatic rings. The van der Waals surface area contributed by atoms with Gasteiger partial charge >= 0.3 is 0 Å². The zero-order valence-corrected chi connectivity index (χ0v) is 15.7. The number of amides is 1. The molecule has 1 aliphatic heterocycles. The SMILES string of the molecule is O=C(c1cc(Cl)cc(Cl)c1)N1CCCC(c2nc3ccccc3s2)C1. The lowest BCUT2D eigenvalue weighted by Gasteiger charge is -2.32. The summed E-state index contributed by atoms with van der Waals surface area (Å²) in [5, 5.41) is 2.08. The molecule has 1 saturated heterocycles. The van der Waals surface area contributed by atoms with E-state index in [-0.39, 0.29) is 11.8 Å². The monoisotopic (exact) mass is 390 g/mol. The van der Waals surface area contributed by atoms with E-state index in [4.69, 9.17) is 28.2 Å². The van der Waals surface area contributed by atoms with Crippen molar-refractivity contribution in [3.63, 3.8) is 0 Å². The fourth-order valence-corrected chi connectivity index (χ4v) is 4.91. The third-order valence-electron chi connectivity index (χ3n) is 4.48. The number of piperidine rings is 1. The molecule has 1 aromatic heterocycles. The summed E-state index contributed by atoms with van der Waals surface area (Å²) in [5.74, 6) is 0.264. The lowest BCUT2D eigenvalue weighted by molar-refractivity contribution is 0.0707. The summed E-state index contributed by atoms with van der Waals surface area (Å²) < 4.78 is 1.20. The number of aromatic nitrogens is 1. The molecular weight excluding hydrogens is 375 g/mol. The van der Waals surface area contributed by atoms with Crippen LogP contribution in [0.15, 0.2) is 42.5 Å². The Morgan fingerprint density at radius 3 is 2.68 bits per heavy atom. The summed E-state index contributed by atoms with van der Waals surface area (Å²) in [5.41, 5.74) is 1.58. The molecule has 6 heteroatoms. The van der Waals surface area contributed by atoms with Crippen LogP contribution >= 0.6 is 34.5 Å². The predicted molar refractivity (Wildman–Crippen MR) is 104 cm³/mol. The number of nitrogens with zero attached hydrogens (tertiary/aromatic N) is 2. The fourth-order valence-electron chi connectivity index (χ4n) is 3.29. The summed E-state index contributed by atoms with van der Waals surface area (Å²) in [7, 11) is 0. The first kappa shape index (κ1) is 16.8. The first-order chi connectivity index (χ1) is 12.1. The van der Waals surface area contributed by atoms with E-state index >= 15 is 0 Å². The molecule has 4 rings (SSSR count). The van der Waals surface area contributed by atoms with Crippen molar-refractivity contribution in [3.8, 4) is 0 Å². The molecule has 128 valence electrons. The first-order valence-electron chi connectivity index (χ1n) is 8.21. The standard InChI is InChI=1S/C19H16Cl2N2OS/c20-14-8-13(9-15(21)10-14)19(24)23-7-3-4-12(11-23)18-22-16-5-1-2-6-17(16)25-18/h1-2,5-6,8-10,12H,3-4,7,11H2. The molecule has 0 N–H and O–H groups in total. The van der Waals surface area contributed by atoms with E-state index in [0.717, 1.165) is 29.9 Å². The second-order valence-electron chi connectivity index (χ2n) is 6.27. The zero-order chi connectivity index (χ0) is 17.4. The van der Waals surface area contributed by atoms with E-state index in [1.165, 1.54) is 4.70 Å². The average Bonchev–Trinajstić information content (AvgIpc) is 3.04. The van der Waals surface area contributed by atoms with Crippen molar-refractivity contribution in [1.82, 2.24) is 9.88 Å². The highest BCUT2D eigenvalue weighted by molar-refractivity contribution is 7.18. The highest BCUT2D eigenvalue weighted by Gasteiger charge is 2.27. The number of thiazole rings is 1. The molecule has 2 heterocycles. The Hall–Kier alpha value is -1.62. The number of carbonyl (C=O) groups is 1. The maximum Gasteiger partial charge on any atom is 0.253 e. The van der Waals surface area contributed by atoms with Crippen molar-refractivity contribution < 1.29 is 4.79 Å². The maximum absolute atomic E-state index is 12.8. The third-order valence-corrected chi connectivity index (χ3v) is 6.11. The number of para-hydroxylation sites is 1. The summed E-state index contributed by atoms with van der Waals surface area (Å²) in [6.45, 7) is 1.44. The lowest BCUT2D eigenvalue weighted by Crippen LogP contribution is -2.39. The van der Waals surface area contributed by atoms with Crippen molar-refractivity contribution in [2.24, 2.45) is 0 Å². The van der Waals surface area contributed by atoms with Crippen molar-refractivity contribution in [2.75, 3.05) is 13.1 Å². The van der Waals surface area contributed by atoms with Crippen LogP contribution in [0, 0.1) is 0 Å². The Bertz CT molecular complexity index is 887. The third kappa shape index (κ3) is 3.52. The zero-order valence-electron chi connectivity index (χ0n) is 13.4. The molecule has 1 atom stereocenters. The summed E-state index contributed by atoms with van der Waals surface area (Å²) >= 11 is 13.8. The minimum atomic E-state index is -0.0183. The van der Waals surface area contributed by atoms with Gasteiger partial charge in [0.2, 0.25) is 0 Å². The van der Waals surface area contributed by atoms with E-state index < -0.39 is 0 Å². The van der Waals surface area contributed by atoms with Crippen LogP contribution in [0.3, 0.4) is 0 Å². The number of hydrogen-bond acceptors (Lipinski definition) is 3. The minimum absolute atomic E-state index is 0.0183. The number of halogens is 2. The smallest absolute Gasteiger partial charge is 0.253 e. The van der Waals surface area contributed by atoms with E-state index in [0.29, 0.717) is 22.2 Å². The van der Waals surface area contributed by atoms with E-state index in [9.17, 15) is 4.79 Å². The predicted octanol–water partition coefficient (Wildman–Crippen LogP) is 5.62. The largest absolute Gasteiger partial charge is 0.338 e. The van der Waals surface area contributed by atoms with Crippen LogP contribution in [0.5, 0.6) is 0 Å². The van der Waals surface area contributed by atoms with Gasteiger partial charge in [0.25, 0.3) is 5.91 Å². The molecular formula is C19H16Cl2N2OS. The molecule has 1 aliphatic rings. The Morgan fingerprint density at radius 2 is 1.92 bits per heavy atom. The topological polar surface area (TPSA) is 33.2 Å². The van der Waals surface area contributed by atoms with Gasteiger partial charge in [-0.15, -0.1) is 11.3 Å². The van der Waals surface area contributed by atoms with E-state index in [1.807, 2.05) is 23.1 Å². The number of hydrogen-bond donors (Lipinski definition) is 0. The Labute approximate surface area is 160 Å². The average molecular weight is 391 g/mol. The quantitative estimate of drug-likeness (QED) is 0.568. The molecule has 1 amide bonds. The van der Waals surface area contributed by atoms with Gasteiger partial charge < -0.3 is 4.90 Å². The number of rotatable bonds is 2. The maximum atomic E-state index is 12.8. The van der Waals surface area contributed by atoms with Gasteiger partial charge in [-0.1, -0.05) is 35.3 Å². The van der Waals surface area contributed by atoms with Gasteiger partial charge in [0.05, 0.1) is 15.2 Å². The van der Waals surface area contributed by atoms with Gasteiger partial charge in [-0.25, -0.2) is 4.98 Å². The van der Waals surface area contributed by atoms with Gasteiger partial charge in [0.15, 0.2) is 0 Å². The summed E-state index contributed by atoms with van der Waals surface area (Å²) in [4.78, 5) is 19.5. The van der Waals surface area contributed by atoms with Crippen LogP contribution in [-0.2, 0) is 0 Å². The van der Waals surface area contributed by atoms with Gasteiger partial charge in [0.1, 0.15) is 0 Å². The molecule has 0 aliphatic carbocycles. The highest BCUT2D eigenvalue weighted by atomic mass is 35.5. The van der Waals surface area contributed by atoms with Crippen LogP contribution in [0.4, 0.5) is 0 Å². The van der Waals surface area contributed by atoms with E-state index in [2.05, 4.69) is 6.07 Å². The van der Waals surface area contributed by atoms with Gasteiger partial charge in [-0.2, -0.15) is 0 Å². The van der Waals surface area contributed by atoms with Gasteiger partial charge in [-0.3, -0.25) is 4.79 Å². The molecule has 1 fully saturated rings. The number of benzene rings is 2. The second-order valence-corrected chi connectivity index (χ2v) is 8.20. The second kappa shape index (κ2) is 6.94. The van der Waals surface area contributed by atoms with Crippen LogP contribution in [0.25, 0.3) is 10.2 Å². The van der Waals surface area contributed by atoms with Crippen molar-refractivity contribution in [2.45, 2.75) is 18.8 Å². The van der Waals surface area contributed by atoms with Crippen LogP contribution in [0.2, 0.25) is 10.0 Å². The Kier molecular flexibility index (Phi) is 4.67. The molecule has 0 saturated carbocycles. The van der Waals surface area contributed by atoms with Crippen LogP contribution in [0.1, 0.15) is 34.1 Å². The van der Waals surface area contributed by atoms with Crippen molar-refractivity contribution in [3.05, 3.63) is 63.1 Å². The number of likely N-dealkylation sites (tertiary alicyclic amines) is 1. The summed E-state index contributed by atoms with van der Waals surface area (Å²) in [6.07, 6.45) is 2.03. The van der Waals surface area contributed by atoms with Crippen molar-refractivity contribution >= 4 is 50.7 Å². The first-order valence-corrected chi connectivity index (χ1v) is 9.78. The molecule has 3 nitrogen and oxygen atoms in total. The lowest BCUT2D eigenvalue weighted by atomic mass is 9.98. The van der Waals surface area contributed by atoms with Crippen LogP contribution in [-0.4, -0.2) is 28.9 Å². The minimum Gasteiger partial charge on any atom is -0.338 e. The molecule has 0 spiro atoms. The van der Waals surface area contributed by atoms with Crippen molar-refractivity contribution in [1.29, 1.82) is 0 Å². The van der Waals surface area contributed by atoms with E-state index in [1.54, 1.807) is 29.5 Å². The molecule has 2 aromatic carbocycles. The van der Waals surface area contributed by atoms with Gasteiger partial charge in [0, 0.05) is 34.6 Å².